The Labute approximate surface area is 364 Å². The number of aliphatic hydroxyl groups is 14. The van der Waals surface area contributed by atoms with Crippen molar-refractivity contribution in [2.75, 3.05) is 19.8 Å². The number of hydrogen-bond donors (Lipinski definition) is 15. The third-order valence-corrected chi connectivity index (χ3v) is 12.1. The van der Waals surface area contributed by atoms with E-state index in [0.717, 1.165) is 12.1 Å². The Kier molecular flexibility index (Phi) is 17.0. The van der Waals surface area contributed by atoms with Gasteiger partial charge in [0, 0.05) is 12.1 Å². The van der Waals surface area contributed by atoms with Gasteiger partial charge in [0.2, 0.25) is 6.29 Å². The van der Waals surface area contributed by atoms with Gasteiger partial charge in [0.25, 0.3) is 5.69 Å². The van der Waals surface area contributed by atoms with Crippen molar-refractivity contribution in [3.63, 3.8) is 0 Å². The fourth-order valence-electron chi connectivity index (χ4n) is 8.33. The van der Waals surface area contributed by atoms with Crippen LogP contribution in [0.1, 0.15) is 20.3 Å². The number of hydrogen-bond acceptors (Lipinski definition) is 25. The topological polar surface area (TPSA) is 412 Å². The minimum Gasteiger partial charge on any atom is -0.462 e. The maximum Gasteiger partial charge on any atom is 0.269 e. The molecule has 4 heterocycles. The molecule has 24 unspecified atom stereocenters. The molecule has 6 rings (SSSR count). The lowest BCUT2D eigenvalue weighted by Crippen LogP contribution is -2.70. The number of aliphatic hydroxyl groups excluding tert-OH is 14. The summed E-state index contributed by atoms with van der Waals surface area (Å²) in [6, 6.07) is 3.39. The van der Waals surface area contributed by atoms with Crippen molar-refractivity contribution >= 4 is 5.69 Å². The first-order valence-electron chi connectivity index (χ1n) is 20.6. The average Bonchev–Trinajstić information content (AvgIpc) is 3.28. The number of nitro benzene ring substituents is 1. The fraction of sp³-hybridized carbons (Fsp3) is 0.789. The van der Waals surface area contributed by atoms with Crippen LogP contribution in [-0.2, 0) is 33.2 Å². The van der Waals surface area contributed by atoms with Gasteiger partial charge in [-0.1, -0.05) is 13.0 Å². The van der Waals surface area contributed by atoms with E-state index in [1.807, 2.05) is 0 Å². The third-order valence-electron chi connectivity index (χ3n) is 12.1. The molecule has 1 aromatic carbocycles. The molecule has 364 valence electrons. The molecule has 0 radical (unpaired) electrons. The Morgan fingerprint density at radius 2 is 1.09 bits per heavy atom. The van der Waals surface area contributed by atoms with Crippen LogP contribution >= 0.6 is 0 Å². The van der Waals surface area contributed by atoms with Gasteiger partial charge in [-0.3, -0.25) is 15.4 Å². The first-order valence-corrected chi connectivity index (χ1v) is 20.6. The number of nitro groups is 1. The number of nitrogens with zero attached hydrogens (tertiary/aromatic N) is 1. The molecular formula is C38H58N2O24. The van der Waals surface area contributed by atoms with Crippen LogP contribution in [0.5, 0.6) is 5.75 Å². The second-order valence-electron chi connectivity index (χ2n) is 16.2. The zero-order valence-electron chi connectivity index (χ0n) is 34.4. The maximum atomic E-state index is 11.3. The molecule has 0 bridgehead atoms. The van der Waals surface area contributed by atoms with Gasteiger partial charge in [0.1, 0.15) is 122 Å². The van der Waals surface area contributed by atoms with Gasteiger partial charge in [-0.15, -0.1) is 0 Å². The van der Waals surface area contributed by atoms with E-state index in [4.69, 9.17) is 37.9 Å². The van der Waals surface area contributed by atoms with Crippen molar-refractivity contribution in [1.82, 2.24) is 5.32 Å². The molecule has 4 aliphatic heterocycles. The molecule has 4 fully saturated rings. The zero-order valence-corrected chi connectivity index (χ0v) is 34.4. The highest BCUT2D eigenvalue weighted by Crippen LogP contribution is 2.35. The number of ether oxygens (including phenoxy) is 8. The molecule has 4 saturated heterocycles. The van der Waals surface area contributed by atoms with Gasteiger partial charge in [-0.2, -0.15) is 0 Å². The Hall–Kier alpha value is -2.72. The summed E-state index contributed by atoms with van der Waals surface area (Å²) in [7, 11) is 0. The monoisotopic (exact) mass is 926 g/mol. The summed E-state index contributed by atoms with van der Waals surface area (Å²) in [5, 5.41) is 164. The summed E-state index contributed by atoms with van der Waals surface area (Å²) >= 11 is 0. The Morgan fingerprint density at radius 3 is 1.64 bits per heavy atom. The van der Waals surface area contributed by atoms with Crippen molar-refractivity contribution in [2.45, 2.75) is 167 Å². The smallest absolute Gasteiger partial charge is 0.269 e. The number of rotatable bonds is 15. The molecule has 1 aromatic rings. The van der Waals surface area contributed by atoms with Crippen LogP contribution in [-0.4, -0.2) is 243 Å². The van der Waals surface area contributed by atoms with Crippen molar-refractivity contribution in [3.05, 3.63) is 46.0 Å². The highest BCUT2D eigenvalue weighted by atomic mass is 16.8. The van der Waals surface area contributed by atoms with Crippen LogP contribution in [0.15, 0.2) is 35.9 Å². The van der Waals surface area contributed by atoms with E-state index in [2.05, 4.69) is 5.32 Å². The SMILES string of the molecule is CCC1=CC(OC2C(CO)OC(NC3C(C)OC(OC4C(CO)OC(OC5C(CO)OC(Oc6ccc([N+](=O)[O-])cc6)C(O)C5O)C(O)C4O)C(O)C3O)C(O)C2O)C(O)C(O)C1O. The molecule has 64 heavy (non-hydrogen) atoms. The van der Waals surface area contributed by atoms with Crippen molar-refractivity contribution < 1.29 is 114 Å². The maximum absolute atomic E-state index is 11.3. The lowest BCUT2D eigenvalue weighted by molar-refractivity contribution is -0.384. The minimum atomic E-state index is -2.03. The lowest BCUT2D eigenvalue weighted by atomic mass is 9.87. The highest BCUT2D eigenvalue weighted by molar-refractivity contribution is 5.36. The van der Waals surface area contributed by atoms with Crippen LogP contribution in [0, 0.1) is 10.1 Å². The molecule has 15 N–H and O–H groups in total. The Balaban J connectivity index is 1.05. The zero-order chi connectivity index (χ0) is 46.9. The van der Waals surface area contributed by atoms with E-state index in [0.29, 0.717) is 12.0 Å². The van der Waals surface area contributed by atoms with Crippen LogP contribution in [0.4, 0.5) is 5.69 Å². The van der Waals surface area contributed by atoms with Gasteiger partial charge in [0.05, 0.1) is 36.9 Å². The second-order valence-corrected chi connectivity index (χ2v) is 16.2. The average molecular weight is 927 g/mol. The number of benzene rings is 1. The van der Waals surface area contributed by atoms with Crippen molar-refractivity contribution in [2.24, 2.45) is 0 Å². The molecular weight excluding hydrogens is 868 g/mol. The summed E-state index contributed by atoms with van der Waals surface area (Å²) in [5.41, 5.74) is 0.0966. The fourth-order valence-corrected chi connectivity index (χ4v) is 8.33. The van der Waals surface area contributed by atoms with E-state index >= 15 is 0 Å². The molecule has 0 spiro atoms. The van der Waals surface area contributed by atoms with E-state index in [1.165, 1.54) is 25.1 Å². The first-order chi connectivity index (χ1) is 30.3. The predicted octanol–water partition coefficient (Wildman–Crippen LogP) is -7.33. The van der Waals surface area contributed by atoms with Gasteiger partial charge in [-0.25, -0.2) is 0 Å². The number of non-ortho nitro benzene ring substituents is 1. The van der Waals surface area contributed by atoms with Gasteiger partial charge < -0.3 is 109 Å². The van der Waals surface area contributed by atoms with Gasteiger partial charge >= 0.3 is 0 Å². The van der Waals surface area contributed by atoms with Crippen molar-refractivity contribution in [3.8, 4) is 5.75 Å². The van der Waals surface area contributed by atoms with E-state index < -0.39 is 172 Å². The lowest BCUT2D eigenvalue weighted by Gasteiger charge is -2.49. The Bertz CT molecular complexity index is 1690. The standard InChI is InChI=1S/C38H58N2O24/c1-3-13-8-16(22(45)24(47)21(13)44)59-32-17(9-41)60-35(28(51)25(32)48)39-20-12(2)57-36(29(52)23(20)46)63-33-19(11-43)62-38(31(54)27(33)50)64-34-18(10-42)61-37(30(53)26(34)49)58-15-6-4-14(5-7-15)40(55)56/h4-8,12,16-39,41-54H,3,9-11H2,1-2H3. The molecule has 5 aliphatic rings. The summed E-state index contributed by atoms with van der Waals surface area (Å²) in [4.78, 5) is 10.3. The summed E-state index contributed by atoms with van der Waals surface area (Å²) < 4.78 is 45.6. The van der Waals surface area contributed by atoms with Crippen molar-refractivity contribution in [1.29, 1.82) is 0 Å². The largest absolute Gasteiger partial charge is 0.462 e. The van der Waals surface area contributed by atoms with Crippen LogP contribution in [0.2, 0.25) is 0 Å². The second kappa shape index (κ2) is 21.5. The normalized spacial score (nSPS) is 46.6. The highest BCUT2D eigenvalue weighted by Gasteiger charge is 2.55. The molecule has 26 nitrogen and oxygen atoms in total. The molecule has 26 heteroatoms. The van der Waals surface area contributed by atoms with Crippen LogP contribution in [0.3, 0.4) is 0 Å². The van der Waals surface area contributed by atoms with E-state index in [-0.39, 0.29) is 11.4 Å². The quantitative estimate of drug-likeness (QED) is 0.0441. The minimum absolute atomic E-state index is 0.00441. The van der Waals surface area contributed by atoms with Gasteiger partial charge in [-0.05, 0) is 31.1 Å². The van der Waals surface area contributed by atoms with Crippen LogP contribution < -0.4 is 10.1 Å². The molecule has 24 atom stereocenters. The third kappa shape index (κ3) is 10.4. The summed E-state index contributed by atoms with van der Waals surface area (Å²) in [5.74, 6) is 0.00441. The molecule has 1 aliphatic carbocycles. The van der Waals surface area contributed by atoms with Crippen LogP contribution in [0.25, 0.3) is 0 Å². The molecule has 0 aromatic heterocycles. The summed E-state index contributed by atoms with van der Waals surface area (Å²) in [6.45, 7) is 0.581. The first kappa shape index (κ1) is 50.7. The molecule has 0 saturated carbocycles. The Morgan fingerprint density at radius 1 is 0.609 bits per heavy atom. The molecule has 0 amide bonds. The predicted molar refractivity (Wildman–Crippen MR) is 205 cm³/mol. The van der Waals surface area contributed by atoms with Gasteiger partial charge in [0.15, 0.2) is 12.6 Å². The van der Waals surface area contributed by atoms with E-state index in [1.54, 1.807) is 6.92 Å². The van der Waals surface area contributed by atoms with E-state index in [9.17, 15) is 81.6 Å². The number of nitrogens with one attached hydrogen (secondary N) is 1. The summed E-state index contributed by atoms with van der Waals surface area (Å²) in [6.07, 6.45) is -36.5.